The Balaban J connectivity index is 1.96. The molecule has 1 aliphatic heterocycles. The van der Waals surface area contributed by atoms with E-state index in [1.54, 1.807) is 12.1 Å². The molecule has 1 aliphatic rings. The summed E-state index contributed by atoms with van der Waals surface area (Å²) < 4.78 is 5.31. The van der Waals surface area contributed by atoms with Crippen molar-refractivity contribution in [1.29, 1.82) is 5.26 Å². The highest BCUT2D eigenvalue weighted by Crippen LogP contribution is 2.19. The maximum absolute atomic E-state index is 9.21. The van der Waals surface area contributed by atoms with Crippen molar-refractivity contribution in [3.8, 4) is 11.8 Å². The first-order chi connectivity index (χ1) is 9.78. The molecule has 1 saturated heterocycles. The van der Waals surface area contributed by atoms with E-state index in [9.17, 15) is 5.26 Å². The summed E-state index contributed by atoms with van der Waals surface area (Å²) in [6.45, 7) is 2.71. The molecule has 0 N–H and O–H groups in total. The molecule has 1 aromatic carbocycles. The van der Waals surface area contributed by atoms with Crippen LogP contribution < -0.4 is 4.90 Å². The second-order valence-electron chi connectivity index (χ2n) is 4.35. The molecular formula is C13H12ClN5O. The van der Waals surface area contributed by atoms with E-state index in [0.29, 0.717) is 42.8 Å². The third-order valence-corrected chi connectivity index (χ3v) is 3.32. The SMILES string of the molecule is N#Cc1nn(-c2ccc(Cl)cc2)nc1N1CCOCC1. The van der Waals surface area contributed by atoms with Crippen molar-refractivity contribution in [1.82, 2.24) is 15.0 Å². The van der Waals surface area contributed by atoms with Gasteiger partial charge in [0.15, 0.2) is 5.82 Å². The van der Waals surface area contributed by atoms with Crippen molar-refractivity contribution in [2.75, 3.05) is 31.2 Å². The fourth-order valence-corrected chi connectivity index (χ4v) is 2.18. The molecule has 0 aliphatic carbocycles. The smallest absolute Gasteiger partial charge is 0.207 e. The van der Waals surface area contributed by atoms with Crippen LogP contribution in [-0.4, -0.2) is 41.3 Å². The van der Waals surface area contributed by atoms with Gasteiger partial charge < -0.3 is 9.64 Å². The number of hydrogen-bond acceptors (Lipinski definition) is 5. The van der Waals surface area contributed by atoms with E-state index in [1.165, 1.54) is 4.80 Å². The maximum atomic E-state index is 9.21. The molecule has 0 bridgehead atoms. The lowest BCUT2D eigenvalue weighted by atomic mass is 10.3. The molecule has 7 heteroatoms. The second kappa shape index (κ2) is 5.49. The lowest BCUT2D eigenvalue weighted by Gasteiger charge is -2.26. The topological polar surface area (TPSA) is 67.0 Å². The highest BCUT2D eigenvalue weighted by atomic mass is 35.5. The molecule has 0 spiro atoms. The molecule has 2 aromatic rings. The molecule has 1 fully saturated rings. The van der Waals surface area contributed by atoms with E-state index in [4.69, 9.17) is 16.3 Å². The quantitative estimate of drug-likeness (QED) is 0.840. The Morgan fingerprint density at radius 1 is 1.15 bits per heavy atom. The molecule has 0 unspecified atom stereocenters. The van der Waals surface area contributed by atoms with Gasteiger partial charge in [0.25, 0.3) is 0 Å². The van der Waals surface area contributed by atoms with Gasteiger partial charge in [-0.05, 0) is 24.3 Å². The van der Waals surface area contributed by atoms with Crippen LogP contribution in [0.15, 0.2) is 24.3 Å². The fourth-order valence-electron chi connectivity index (χ4n) is 2.05. The second-order valence-corrected chi connectivity index (χ2v) is 4.79. The summed E-state index contributed by atoms with van der Waals surface area (Å²) in [7, 11) is 0. The van der Waals surface area contributed by atoms with E-state index < -0.39 is 0 Å². The van der Waals surface area contributed by atoms with E-state index in [-0.39, 0.29) is 0 Å². The fraction of sp³-hybridized carbons (Fsp3) is 0.308. The Morgan fingerprint density at radius 3 is 2.50 bits per heavy atom. The first kappa shape index (κ1) is 12.9. The van der Waals surface area contributed by atoms with Gasteiger partial charge in [0.2, 0.25) is 5.69 Å². The summed E-state index contributed by atoms with van der Waals surface area (Å²) in [6, 6.07) is 9.24. The number of ether oxygens (including phenoxy) is 1. The summed E-state index contributed by atoms with van der Waals surface area (Å²) in [6.07, 6.45) is 0. The average Bonchev–Trinajstić information content (AvgIpc) is 2.93. The zero-order valence-electron chi connectivity index (χ0n) is 10.7. The molecule has 2 heterocycles. The van der Waals surface area contributed by atoms with E-state index in [0.717, 1.165) is 5.69 Å². The number of aromatic nitrogens is 3. The summed E-state index contributed by atoms with van der Waals surface area (Å²) >= 11 is 5.86. The van der Waals surface area contributed by atoms with Crippen molar-refractivity contribution in [3.63, 3.8) is 0 Å². The Labute approximate surface area is 121 Å². The predicted octanol–water partition coefficient (Wildman–Crippen LogP) is 1.63. The predicted molar refractivity (Wildman–Crippen MR) is 74.1 cm³/mol. The van der Waals surface area contributed by atoms with Gasteiger partial charge in [-0.25, -0.2) is 0 Å². The minimum absolute atomic E-state index is 0.321. The zero-order valence-corrected chi connectivity index (χ0v) is 11.4. The summed E-state index contributed by atoms with van der Waals surface area (Å²) in [5.74, 6) is 0.603. The number of halogens is 1. The number of rotatable bonds is 2. The Kier molecular flexibility index (Phi) is 3.54. The summed E-state index contributed by atoms with van der Waals surface area (Å²) in [4.78, 5) is 3.47. The molecule has 0 saturated carbocycles. The van der Waals surface area contributed by atoms with Crippen LogP contribution in [0.1, 0.15) is 5.69 Å². The molecule has 3 rings (SSSR count). The van der Waals surface area contributed by atoms with E-state index in [1.807, 2.05) is 17.0 Å². The average molecular weight is 290 g/mol. The number of anilines is 1. The van der Waals surface area contributed by atoms with Crippen LogP contribution in [0.3, 0.4) is 0 Å². The van der Waals surface area contributed by atoms with Crippen LogP contribution >= 0.6 is 11.6 Å². The molecular weight excluding hydrogens is 278 g/mol. The highest BCUT2D eigenvalue weighted by molar-refractivity contribution is 6.30. The largest absolute Gasteiger partial charge is 0.378 e. The maximum Gasteiger partial charge on any atom is 0.207 e. The zero-order chi connectivity index (χ0) is 13.9. The van der Waals surface area contributed by atoms with Gasteiger partial charge in [-0.1, -0.05) is 11.6 Å². The first-order valence-electron chi connectivity index (χ1n) is 6.24. The molecule has 20 heavy (non-hydrogen) atoms. The van der Waals surface area contributed by atoms with Gasteiger partial charge in [-0.15, -0.1) is 15.0 Å². The summed E-state index contributed by atoms with van der Waals surface area (Å²) in [5.41, 5.74) is 1.09. The molecule has 0 radical (unpaired) electrons. The molecule has 102 valence electrons. The lowest BCUT2D eigenvalue weighted by Crippen LogP contribution is -2.37. The summed E-state index contributed by atoms with van der Waals surface area (Å²) in [5, 5.41) is 18.5. The normalized spacial score (nSPS) is 15.1. The number of nitriles is 1. The van der Waals surface area contributed by atoms with Crippen LogP contribution in [0.25, 0.3) is 5.69 Å². The Hall–Kier alpha value is -2.10. The van der Waals surface area contributed by atoms with Crippen LogP contribution in [0.2, 0.25) is 5.02 Å². The first-order valence-corrected chi connectivity index (χ1v) is 6.62. The number of nitrogens with zero attached hydrogens (tertiary/aromatic N) is 5. The molecule has 0 atom stereocenters. The number of benzene rings is 1. The van der Waals surface area contributed by atoms with Crippen LogP contribution in [0.4, 0.5) is 5.82 Å². The van der Waals surface area contributed by atoms with Crippen molar-refractivity contribution in [2.45, 2.75) is 0 Å². The number of morpholine rings is 1. The van der Waals surface area contributed by atoms with Crippen LogP contribution in [0, 0.1) is 11.3 Å². The van der Waals surface area contributed by atoms with Crippen LogP contribution in [0.5, 0.6) is 0 Å². The third kappa shape index (κ3) is 2.46. The van der Waals surface area contributed by atoms with Gasteiger partial charge in [-0.3, -0.25) is 0 Å². The van der Waals surface area contributed by atoms with Gasteiger partial charge in [0.05, 0.1) is 18.9 Å². The minimum atomic E-state index is 0.321. The van der Waals surface area contributed by atoms with Crippen molar-refractivity contribution in [3.05, 3.63) is 35.0 Å². The van der Waals surface area contributed by atoms with Gasteiger partial charge in [0, 0.05) is 18.1 Å². The standard InChI is InChI=1S/C13H12ClN5O/c14-10-1-3-11(4-2-10)19-16-12(9-15)13(17-19)18-5-7-20-8-6-18/h1-4H,5-8H2. The van der Waals surface area contributed by atoms with Crippen molar-refractivity contribution in [2.24, 2.45) is 0 Å². The van der Waals surface area contributed by atoms with Crippen molar-refractivity contribution >= 4 is 17.4 Å². The molecule has 0 amide bonds. The molecule has 6 nitrogen and oxygen atoms in total. The van der Waals surface area contributed by atoms with Gasteiger partial charge in [0.1, 0.15) is 6.07 Å². The third-order valence-electron chi connectivity index (χ3n) is 3.07. The Bertz CT molecular complexity index is 640. The highest BCUT2D eigenvalue weighted by Gasteiger charge is 2.20. The van der Waals surface area contributed by atoms with E-state index in [2.05, 4.69) is 16.3 Å². The van der Waals surface area contributed by atoms with Gasteiger partial charge >= 0.3 is 0 Å². The Morgan fingerprint density at radius 2 is 1.85 bits per heavy atom. The van der Waals surface area contributed by atoms with Crippen molar-refractivity contribution < 1.29 is 4.74 Å². The van der Waals surface area contributed by atoms with Crippen LogP contribution in [-0.2, 0) is 4.74 Å². The lowest BCUT2D eigenvalue weighted by molar-refractivity contribution is 0.122. The van der Waals surface area contributed by atoms with Gasteiger partial charge in [-0.2, -0.15) is 5.26 Å². The monoisotopic (exact) mass is 289 g/mol. The number of hydrogen-bond donors (Lipinski definition) is 0. The molecule has 1 aromatic heterocycles. The minimum Gasteiger partial charge on any atom is -0.378 e. The van der Waals surface area contributed by atoms with E-state index >= 15 is 0 Å².